The third-order valence-corrected chi connectivity index (χ3v) is 3.71. The average molecular weight is 258 g/mol. The van der Waals surface area contributed by atoms with Crippen LogP contribution in [0.5, 0.6) is 0 Å². The minimum absolute atomic E-state index is 0.0752. The Balaban J connectivity index is 2.24. The highest BCUT2D eigenvalue weighted by atomic mass is 16.4. The van der Waals surface area contributed by atoms with Crippen LogP contribution in [0.15, 0.2) is 24.3 Å². The molecule has 1 aliphatic heterocycles. The van der Waals surface area contributed by atoms with Gasteiger partial charge in [0.2, 0.25) is 0 Å². The molecular weight excluding hydrogens is 240 g/mol. The van der Waals surface area contributed by atoms with E-state index in [0.717, 1.165) is 18.7 Å². The quantitative estimate of drug-likeness (QED) is 0.905. The minimum atomic E-state index is -0.742. The van der Waals surface area contributed by atoms with E-state index in [4.69, 9.17) is 10.4 Å². The molecule has 100 valence electrons. The number of carboxylic acids is 1. The Labute approximate surface area is 113 Å². The number of carboxylic acid groups (broad SMARTS) is 1. The molecule has 0 radical (unpaired) electrons. The molecule has 1 unspecified atom stereocenters. The van der Waals surface area contributed by atoms with Gasteiger partial charge in [-0.25, -0.2) is 0 Å². The molecule has 0 spiro atoms. The standard InChI is InChI=1S/C15H18N2O2/c1-15(2)8-12(7-14(18)19)10-17(15)13-5-3-4-11(6-13)9-16/h3-6,12H,7-8,10H2,1-2H3,(H,18,19). The molecule has 1 saturated heterocycles. The highest BCUT2D eigenvalue weighted by Crippen LogP contribution is 2.38. The molecule has 1 atom stereocenters. The van der Waals surface area contributed by atoms with Gasteiger partial charge in [0.25, 0.3) is 0 Å². The van der Waals surface area contributed by atoms with Gasteiger partial charge in [-0.05, 0) is 44.4 Å². The fourth-order valence-corrected chi connectivity index (χ4v) is 2.97. The largest absolute Gasteiger partial charge is 0.481 e. The van der Waals surface area contributed by atoms with Crippen molar-refractivity contribution in [1.29, 1.82) is 5.26 Å². The van der Waals surface area contributed by atoms with Gasteiger partial charge in [0.1, 0.15) is 0 Å². The van der Waals surface area contributed by atoms with Crippen LogP contribution in [0.1, 0.15) is 32.3 Å². The predicted octanol–water partition coefficient (Wildman–Crippen LogP) is 2.64. The zero-order valence-corrected chi connectivity index (χ0v) is 11.3. The SMILES string of the molecule is CC1(C)CC(CC(=O)O)CN1c1cccc(C#N)c1. The number of rotatable bonds is 3. The summed E-state index contributed by atoms with van der Waals surface area (Å²) in [5.41, 5.74) is 1.56. The number of benzene rings is 1. The fourth-order valence-electron chi connectivity index (χ4n) is 2.97. The number of hydrogen-bond acceptors (Lipinski definition) is 3. The molecule has 0 bridgehead atoms. The average Bonchev–Trinajstić information content (AvgIpc) is 2.63. The lowest BCUT2D eigenvalue weighted by Crippen LogP contribution is -2.38. The summed E-state index contributed by atoms with van der Waals surface area (Å²) in [5.74, 6) is -0.577. The van der Waals surface area contributed by atoms with E-state index >= 15 is 0 Å². The number of carbonyl (C=O) groups is 1. The summed E-state index contributed by atoms with van der Waals surface area (Å²) in [6.45, 7) is 4.97. The zero-order chi connectivity index (χ0) is 14.0. The van der Waals surface area contributed by atoms with Crippen molar-refractivity contribution < 1.29 is 9.90 Å². The molecule has 19 heavy (non-hydrogen) atoms. The maximum Gasteiger partial charge on any atom is 0.303 e. The Morgan fingerprint density at radius 1 is 1.58 bits per heavy atom. The first-order valence-electron chi connectivity index (χ1n) is 6.42. The van der Waals surface area contributed by atoms with Crippen molar-refractivity contribution in [3.05, 3.63) is 29.8 Å². The van der Waals surface area contributed by atoms with Gasteiger partial charge in [0.15, 0.2) is 0 Å². The third-order valence-electron chi connectivity index (χ3n) is 3.71. The number of hydrogen-bond donors (Lipinski definition) is 1. The number of anilines is 1. The number of nitrogens with zero attached hydrogens (tertiary/aromatic N) is 2. The second-order valence-corrected chi connectivity index (χ2v) is 5.75. The Kier molecular flexibility index (Phi) is 3.48. The van der Waals surface area contributed by atoms with Crippen molar-refractivity contribution >= 4 is 11.7 Å². The van der Waals surface area contributed by atoms with Crippen LogP contribution in [0.4, 0.5) is 5.69 Å². The molecular formula is C15H18N2O2. The molecule has 4 heteroatoms. The van der Waals surface area contributed by atoms with Crippen LogP contribution >= 0.6 is 0 Å². The summed E-state index contributed by atoms with van der Waals surface area (Å²) < 4.78 is 0. The number of nitriles is 1. The lowest BCUT2D eigenvalue weighted by atomic mass is 9.94. The predicted molar refractivity (Wildman–Crippen MR) is 72.9 cm³/mol. The highest BCUT2D eigenvalue weighted by Gasteiger charge is 2.39. The van der Waals surface area contributed by atoms with Crippen molar-refractivity contribution in [3.63, 3.8) is 0 Å². The second kappa shape index (κ2) is 4.93. The van der Waals surface area contributed by atoms with E-state index in [2.05, 4.69) is 24.8 Å². The van der Waals surface area contributed by atoms with Crippen molar-refractivity contribution in [2.45, 2.75) is 32.2 Å². The van der Waals surface area contributed by atoms with E-state index in [9.17, 15) is 4.79 Å². The van der Waals surface area contributed by atoms with Gasteiger partial charge >= 0.3 is 5.97 Å². The second-order valence-electron chi connectivity index (χ2n) is 5.75. The molecule has 0 saturated carbocycles. The van der Waals surface area contributed by atoms with Crippen molar-refractivity contribution in [1.82, 2.24) is 0 Å². The normalized spacial score (nSPS) is 21.1. The maximum absolute atomic E-state index is 10.8. The molecule has 0 aromatic heterocycles. The highest BCUT2D eigenvalue weighted by molar-refractivity contribution is 5.67. The molecule has 1 fully saturated rings. The van der Waals surface area contributed by atoms with Crippen LogP contribution in [0.25, 0.3) is 0 Å². The molecule has 1 heterocycles. The lowest BCUT2D eigenvalue weighted by molar-refractivity contribution is -0.137. The Morgan fingerprint density at radius 3 is 2.95 bits per heavy atom. The first-order chi connectivity index (χ1) is 8.92. The molecule has 4 nitrogen and oxygen atoms in total. The van der Waals surface area contributed by atoms with E-state index in [1.165, 1.54) is 0 Å². The molecule has 0 amide bonds. The lowest BCUT2D eigenvalue weighted by Gasteiger charge is -2.33. The zero-order valence-electron chi connectivity index (χ0n) is 11.3. The summed E-state index contributed by atoms with van der Waals surface area (Å²) >= 11 is 0. The van der Waals surface area contributed by atoms with E-state index in [1.807, 2.05) is 18.2 Å². The van der Waals surface area contributed by atoms with Crippen LogP contribution in [0, 0.1) is 17.2 Å². The van der Waals surface area contributed by atoms with Crippen LogP contribution in [-0.4, -0.2) is 23.2 Å². The van der Waals surface area contributed by atoms with Gasteiger partial charge in [-0.3, -0.25) is 4.79 Å². The minimum Gasteiger partial charge on any atom is -0.481 e. The molecule has 1 aromatic rings. The van der Waals surface area contributed by atoms with Gasteiger partial charge < -0.3 is 10.0 Å². The monoisotopic (exact) mass is 258 g/mol. The van der Waals surface area contributed by atoms with Crippen molar-refractivity contribution in [2.24, 2.45) is 5.92 Å². The maximum atomic E-state index is 10.8. The summed E-state index contributed by atoms with van der Waals surface area (Å²) in [6.07, 6.45) is 1.06. The number of aliphatic carboxylic acids is 1. The van der Waals surface area contributed by atoms with Crippen LogP contribution in [0.2, 0.25) is 0 Å². The Hall–Kier alpha value is -2.02. The summed E-state index contributed by atoms with van der Waals surface area (Å²) in [4.78, 5) is 13.1. The first-order valence-corrected chi connectivity index (χ1v) is 6.42. The summed E-state index contributed by atoms with van der Waals surface area (Å²) in [5, 5.41) is 17.9. The van der Waals surface area contributed by atoms with Crippen LogP contribution < -0.4 is 4.90 Å². The van der Waals surface area contributed by atoms with Crippen molar-refractivity contribution in [3.8, 4) is 6.07 Å². The van der Waals surface area contributed by atoms with E-state index < -0.39 is 5.97 Å². The van der Waals surface area contributed by atoms with Crippen LogP contribution in [0.3, 0.4) is 0 Å². The Morgan fingerprint density at radius 2 is 2.32 bits per heavy atom. The summed E-state index contributed by atoms with van der Waals surface area (Å²) in [6, 6.07) is 9.63. The van der Waals surface area contributed by atoms with Gasteiger partial charge in [-0.2, -0.15) is 5.26 Å². The van der Waals surface area contributed by atoms with Gasteiger partial charge in [0.05, 0.1) is 11.6 Å². The molecule has 1 aliphatic rings. The summed E-state index contributed by atoms with van der Waals surface area (Å²) in [7, 11) is 0. The fraction of sp³-hybridized carbons (Fsp3) is 0.467. The van der Waals surface area contributed by atoms with Gasteiger partial charge in [-0.1, -0.05) is 6.07 Å². The first kappa shape index (κ1) is 13.4. The smallest absolute Gasteiger partial charge is 0.303 e. The molecule has 1 N–H and O–H groups in total. The molecule has 2 rings (SSSR count). The molecule has 1 aromatic carbocycles. The van der Waals surface area contributed by atoms with Crippen molar-refractivity contribution in [2.75, 3.05) is 11.4 Å². The van der Waals surface area contributed by atoms with E-state index in [0.29, 0.717) is 5.56 Å². The van der Waals surface area contributed by atoms with E-state index in [1.54, 1.807) is 6.07 Å². The van der Waals surface area contributed by atoms with Crippen LogP contribution in [-0.2, 0) is 4.79 Å². The topological polar surface area (TPSA) is 64.3 Å². The van der Waals surface area contributed by atoms with Gasteiger partial charge in [0, 0.05) is 24.2 Å². The van der Waals surface area contributed by atoms with E-state index in [-0.39, 0.29) is 17.9 Å². The van der Waals surface area contributed by atoms with Gasteiger partial charge in [-0.15, -0.1) is 0 Å². The Bertz CT molecular complexity index is 531. The third kappa shape index (κ3) is 2.87. The molecule has 0 aliphatic carbocycles.